The number of aryl methyl sites for hydroxylation is 1. The van der Waals surface area contributed by atoms with Gasteiger partial charge in [0.05, 0.1) is 16.3 Å². The van der Waals surface area contributed by atoms with E-state index >= 15 is 0 Å². The van der Waals surface area contributed by atoms with Gasteiger partial charge in [-0.1, -0.05) is 0 Å². The van der Waals surface area contributed by atoms with E-state index in [9.17, 15) is 17.2 Å². The zero-order valence-electron chi connectivity index (χ0n) is 10.5. The van der Waals surface area contributed by atoms with Crippen molar-refractivity contribution in [3.8, 4) is 0 Å². The van der Waals surface area contributed by atoms with Gasteiger partial charge in [0.15, 0.2) is 0 Å². The molecule has 20 heavy (non-hydrogen) atoms. The Morgan fingerprint density at radius 2 is 1.70 bits per heavy atom. The third-order valence-electron chi connectivity index (χ3n) is 2.69. The molecule has 106 valence electrons. The van der Waals surface area contributed by atoms with Gasteiger partial charge in [-0.05, 0) is 48.9 Å². The van der Waals surface area contributed by atoms with Gasteiger partial charge in [0, 0.05) is 0 Å². The van der Waals surface area contributed by atoms with Crippen LogP contribution in [-0.2, 0) is 10.0 Å². The second-order valence-corrected chi connectivity index (χ2v) is 5.94. The van der Waals surface area contributed by atoms with Crippen LogP contribution in [0.3, 0.4) is 0 Å². The van der Waals surface area contributed by atoms with E-state index in [4.69, 9.17) is 5.73 Å². The molecule has 0 aliphatic heterocycles. The van der Waals surface area contributed by atoms with Gasteiger partial charge < -0.3 is 5.73 Å². The zero-order valence-corrected chi connectivity index (χ0v) is 11.3. The minimum Gasteiger partial charge on any atom is -0.396 e. The van der Waals surface area contributed by atoms with Crippen molar-refractivity contribution in [2.24, 2.45) is 0 Å². The van der Waals surface area contributed by atoms with Crippen molar-refractivity contribution in [3.63, 3.8) is 0 Å². The van der Waals surface area contributed by atoms with Crippen molar-refractivity contribution in [1.82, 2.24) is 0 Å². The first-order valence-corrected chi connectivity index (χ1v) is 7.12. The van der Waals surface area contributed by atoms with Gasteiger partial charge in [0.2, 0.25) is 0 Å². The molecule has 4 nitrogen and oxygen atoms in total. The lowest BCUT2D eigenvalue weighted by Gasteiger charge is -2.09. The summed E-state index contributed by atoms with van der Waals surface area (Å²) in [4.78, 5) is -0.0840. The van der Waals surface area contributed by atoms with Crippen molar-refractivity contribution in [1.29, 1.82) is 0 Å². The molecule has 0 bridgehead atoms. The topological polar surface area (TPSA) is 72.2 Å². The van der Waals surface area contributed by atoms with Crippen LogP contribution < -0.4 is 10.5 Å². The monoisotopic (exact) mass is 298 g/mol. The first-order valence-electron chi connectivity index (χ1n) is 5.63. The Bertz CT molecular complexity index is 761. The molecule has 0 aliphatic carbocycles. The van der Waals surface area contributed by atoms with Crippen molar-refractivity contribution in [2.45, 2.75) is 11.8 Å². The molecule has 0 saturated heterocycles. The third kappa shape index (κ3) is 2.88. The Labute approximate surface area is 115 Å². The number of benzene rings is 2. The molecular weight excluding hydrogens is 286 g/mol. The number of halogens is 2. The number of anilines is 2. The molecule has 0 aromatic heterocycles. The van der Waals surface area contributed by atoms with Crippen LogP contribution in [0.15, 0.2) is 41.3 Å². The summed E-state index contributed by atoms with van der Waals surface area (Å²) < 4.78 is 52.6. The van der Waals surface area contributed by atoms with Crippen LogP contribution in [0.1, 0.15) is 5.56 Å². The number of rotatable bonds is 3. The number of sulfonamides is 1. The van der Waals surface area contributed by atoms with Crippen LogP contribution >= 0.6 is 0 Å². The van der Waals surface area contributed by atoms with Crippen LogP contribution in [0.2, 0.25) is 0 Å². The van der Waals surface area contributed by atoms with E-state index in [0.717, 1.165) is 18.2 Å². The lowest BCUT2D eigenvalue weighted by Crippen LogP contribution is -2.13. The van der Waals surface area contributed by atoms with Crippen LogP contribution in [0.4, 0.5) is 20.2 Å². The SMILES string of the molecule is Cc1cc(S(=O)(=O)Nc2ccc(F)c(N)c2)ccc1F. The van der Waals surface area contributed by atoms with Gasteiger partial charge >= 0.3 is 0 Å². The predicted molar refractivity (Wildman–Crippen MR) is 72.8 cm³/mol. The van der Waals surface area contributed by atoms with Crippen molar-refractivity contribution >= 4 is 21.4 Å². The average molecular weight is 298 g/mol. The predicted octanol–water partition coefficient (Wildman–Crippen LogP) is 2.66. The summed E-state index contributed by atoms with van der Waals surface area (Å²) in [7, 11) is -3.88. The summed E-state index contributed by atoms with van der Waals surface area (Å²) >= 11 is 0. The molecule has 0 saturated carbocycles. The lowest BCUT2D eigenvalue weighted by atomic mass is 10.2. The fraction of sp³-hybridized carbons (Fsp3) is 0.0769. The van der Waals surface area contributed by atoms with E-state index in [0.29, 0.717) is 0 Å². The lowest BCUT2D eigenvalue weighted by molar-refractivity contribution is 0.598. The first-order chi connectivity index (χ1) is 9.29. The molecule has 0 amide bonds. The molecule has 0 radical (unpaired) electrons. The number of nitrogens with two attached hydrogens (primary N) is 1. The summed E-state index contributed by atoms with van der Waals surface area (Å²) in [6.07, 6.45) is 0. The van der Waals surface area contributed by atoms with Crippen molar-refractivity contribution in [2.75, 3.05) is 10.5 Å². The molecule has 7 heteroatoms. The first kappa shape index (κ1) is 14.3. The van der Waals surface area contributed by atoms with Gasteiger partial charge in [0.25, 0.3) is 10.0 Å². The van der Waals surface area contributed by atoms with Gasteiger partial charge in [-0.3, -0.25) is 4.72 Å². The number of nitrogens with one attached hydrogen (secondary N) is 1. The van der Waals surface area contributed by atoms with E-state index in [1.165, 1.54) is 25.1 Å². The highest BCUT2D eigenvalue weighted by molar-refractivity contribution is 7.92. The van der Waals surface area contributed by atoms with Gasteiger partial charge in [0.1, 0.15) is 11.6 Å². The summed E-state index contributed by atoms with van der Waals surface area (Å²) in [5.41, 5.74) is 5.54. The molecule has 0 atom stereocenters. The highest BCUT2D eigenvalue weighted by Gasteiger charge is 2.16. The summed E-state index contributed by atoms with van der Waals surface area (Å²) in [5, 5.41) is 0. The maximum atomic E-state index is 13.1. The van der Waals surface area contributed by atoms with Crippen LogP contribution in [0.5, 0.6) is 0 Å². The quantitative estimate of drug-likeness (QED) is 0.856. The van der Waals surface area contributed by atoms with Crippen LogP contribution in [0, 0.1) is 18.6 Å². The van der Waals surface area contributed by atoms with E-state index < -0.39 is 21.7 Å². The Morgan fingerprint density at radius 1 is 1.05 bits per heavy atom. The molecule has 2 rings (SSSR count). The number of hydrogen-bond acceptors (Lipinski definition) is 3. The molecule has 2 aromatic rings. The highest BCUT2D eigenvalue weighted by Crippen LogP contribution is 2.21. The second kappa shape index (κ2) is 5.09. The molecular formula is C13H12F2N2O2S. The van der Waals surface area contributed by atoms with Crippen molar-refractivity contribution < 1.29 is 17.2 Å². The number of hydrogen-bond donors (Lipinski definition) is 2. The molecule has 0 heterocycles. The summed E-state index contributed by atoms with van der Waals surface area (Å²) in [5.74, 6) is -1.12. The fourth-order valence-corrected chi connectivity index (χ4v) is 2.74. The van der Waals surface area contributed by atoms with E-state index in [1.54, 1.807) is 0 Å². The fourth-order valence-electron chi connectivity index (χ4n) is 1.61. The summed E-state index contributed by atoms with van der Waals surface area (Å²) in [6.45, 7) is 1.46. The molecule has 0 fully saturated rings. The second-order valence-electron chi connectivity index (χ2n) is 4.25. The average Bonchev–Trinajstić information content (AvgIpc) is 2.37. The highest BCUT2D eigenvalue weighted by atomic mass is 32.2. The minimum absolute atomic E-state index is 0.0840. The molecule has 2 aromatic carbocycles. The Kier molecular flexibility index (Phi) is 3.63. The summed E-state index contributed by atoms with van der Waals surface area (Å²) in [6, 6.07) is 6.91. The normalized spacial score (nSPS) is 11.3. The Hall–Kier alpha value is -2.15. The largest absolute Gasteiger partial charge is 0.396 e. The van der Waals surface area contributed by atoms with Crippen LogP contribution in [0.25, 0.3) is 0 Å². The maximum absolute atomic E-state index is 13.1. The van der Waals surface area contributed by atoms with Crippen molar-refractivity contribution in [3.05, 3.63) is 53.6 Å². The minimum atomic E-state index is -3.88. The standard InChI is InChI=1S/C13H12F2N2O2S/c1-8-6-10(3-5-11(8)14)20(18,19)17-9-2-4-12(15)13(16)7-9/h2-7,17H,16H2,1H3. The van der Waals surface area contributed by atoms with Crippen LogP contribution in [-0.4, -0.2) is 8.42 Å². The van der Waals surface area contributed by atoms with E-state index in [2.05, 4.69) is 4.72 Å². The van der Waals surface area contributed by atoms with Gasteiger partial charge in [-0.15, -0.1) is 0 Å². The Morgan fingerprint density at radius 3 is 2.30 bits per heavy atom. The molecule has 0 unspecified atom stereocenters. The van der Waals surface area contributed by atoms with Gasteiger partial charge in [-0.2, -0.15) is 0 Å². The number of nitrogen functional groups attached to an aromatic ring is 1. The van der Waals surface area contributed by atoms with Gasteiger partial charge in [-0.25, -0.2) is 17.2 Å². The molecule has 3 N–H and O–H groups in total. The Balaban J connectivity index is 2.35. The molecule has 0 aliphatic rings. The van der Waals surface area contributed by atoms with E-state index in [1.807, 2.05) is 0 Å². The third-order valence-corrected chi connectivity index (χ3v) is 4.07. The maximum Gasteiger partial charge on any atom is 0.261 e. The zero-order chi connectivity index (χ0) is 14.9. The van der Waals surface area contributed by atoms with E-state index in [-0.39, 0.29) is 21.8 Å². The smallest absolute Gasteiger partial charge is 0.261 e. The molecule has 0 spiro atoms.